The lowest BCUT2D eigenvalue weighted by Gasteiger charge is -2.32. The van der Waals surface area contributed by atoms with Crippen molar-refractivity contribution >= 4 is 27.5 Å². The van der Waals surface area contributed by atoms with Crippen molar-refractivity contribution in [1.82, 2.24) is 9.78 Å². The maximum absolute atomic E-state index is 12.2. The minimum absolute atomic E-state index is 0.252. The van der Waals surface area contributed by atoms with Gasteiger partial charge in [-0.05, 0) is 12.1 Å². The summed E-state index contributed by atoms with van der Waals surface area (Å²) in [6.07, 6.45) is 1.48. The highest BCUT2D eigenvalue weighted by Crippen LogP contribution is 2.47. The number of alkyl halides is 1. The topological polar surface area (TPSA) is 52.0 Å². The Hall–Kier alpha value is -1.75. The standard InChI is InChI=1S/C15H13BrN2O2/c1-15(2)13(16)11-10(12(19)14(15)20)8-17-18(11)9-6-4-3-5-7-9/h3-8,13H,1-2H3. The van der Waals surface area contributed by atoms with Crippen LogP contribution in [0.2, 0.25) is 0 Å². The maximum Gasteiger partial charge on any atom is 0.232 e. The van der Waals surface area contributed by atoms with E-state index in [0.717, 1.165) is 11.4 Å². The van der Waals surface area contributed by atoms with Gasteiger partial charge in [-0.1, -0.05) is 48.0 Å². The van der Waals surface area contributed by atoms with Crippen molar-refractivity contribution in [2.24, 2.45) is 5.41 Å². The fourth-order valence-electron chi connectivity index (χ4n) is 2.42. The monoisotopic (exact) mass is 332 g/mol. The van der Waals surface area contributed by atoms with Crippen LogP contribution in [0.1, 0.15) is 34.7 Å². The molecule has 1 heterocycles. The van der Waals surface area contributed by atoms with E-state index >= 15 is 0 Å². The van der Waals surface area contributed by atoms with Crippen LogP contribution in [0.4, 0.5) is 0 Å². The van der Waals surface area contributed by atoms with Crippen LogP contribution in [-0.4, -0.2) is 21.3 Å². The van der Waals surface area contributed by atoms with E-state index in [4.69, 9.17) is 0 Å². The lowest BCUT2D eigenvalue weighted by atomic mass is 9.75. The lowest BCUT2D eigenvalue weighted by Crippen LogP contribution is -2.40. The maximum atomic E-state index is 12.2. The Balaban J connectivity index is 2.24. The Kier molecular flexibility index (Phi) is 2.90. The number of fused-ring (bicyclic) bond motifs is 1. The van der Waals surface area contributed by atoms with Crippen LogP contribution >= 0.6 is 15.9 Å². The minimum atomic E-state index is -0.781. The minimum Gasteiger partial charge on any atom is -0.290 e. The molecular weight excluding hydrogens is 320 g/mol. The van der Waals surface area contributed by atoms with E-state index in [0.29, 0.717) is 5.56 Å². The second-order valence-electron chi connectivity index (χ2n) is 5.43. The summed E-state index contributed by atoms with van der Waals surface area (Å²) in [5.41, 5.74) is 1.22. The van der Waals surface area contributed by atoms with Crippen molar-refractivity contribution in [2.45, 2.75) is 18.7 Å². The molecule has 3 rings (SSSR count). The van der Waals surface area contributed by atoms with Gasteiger partial charge in [0.1, 0.15) is 0 Å². The first-order valence-corrected chi connectivity index (χ1v) is 7.22. The number of nitrogens with zero attached hydrogens (tertiary/aromatic N) is 2. The molecule has 0 saturated carbocycles. The Morgan fingerprint density at radius 2 is 1.85 bits per heavy atom. The van der Waals surface area contributed by atoms with Crippen LogP contribution in [0.15, 0.2) is 36.5 Å². The first-order valence-electron chi connectivity index (χ1n) is 6.31. The number of rotatable bonds is 1. The average Bonchev–Trinajstić information content (AvgIpc) is 2.89. The predicted molar refractivity (Wildman–Crippen MR) is 78.4 cm³/mol. The summed E-state index contributed by atoms with van der Waals surface area (Å²) in [7, 11) is 0. The first-order chi connectivity index (χ1) is 9.44. The van der Waals surface area contributed by atoms with Gasteiger partial charge in [-0.2, -0.15) is 5.10 Å². The number of carbonyl (C=O) groups is 2. The molecule has 1 aliphatic carbocycles. The second kappa shape index (κ2) is 4.38. The van der Waals surface area contributed by atoms with Gasteiger partial charge < -0.3 is 0 Å². The van der Waals surface area contributed by atoms with E-state index in [-0.39, 0.29) is 10.6 Å². The quantitative estimate of drug-likeness (QED) is 0.595. The van der Waals surface area contributed by atoms with E-state index < -0.39 is 11.2 Å². The fourth-order valence-corrected chi connectivity index (χ4v) is 3.07. The summed E-state index contributed by atoms with van der Waals surface area (Å²) >= 11 is 3.57. The summed E-state index contributed by atoms with van der Waals surface area (Å²) in [5.74, 6) is -0.831. The van der Waals surface area contributed by atoms with E-state index in [9.17, 15) is 9.59 Å². The fraction of sp³-hybridized carbons (Fsp3) is 0.267. The molecule has 0 radical (unpaired) electrons. The number of benzene rings is 1. The zero-order valence-electron chi connectivity index (χ0n) is 11.1. The molecular formula is C15H13BrN2O2. The highest BCUT2D eigenvalue weighted by Gasteiger charge is 2.48. The number of hydrogen-bond acceptors (Lipinski definition) is 3. The van der Waals surface area contributed by atoms with Crippen molar-refractivity contribution in [2.75, 3.05) is 0 Å². The Morgan fingerprint density at radius 3 is 2.50 bits per heavy atom. The van der Waals surface area contributed by atoms with Crippen molar-refractivity contribution in [3.63, 3.8) is 0 Å². The molecule has 1 unspecified atom stereocenters. The van der Waals surface area contributed by atoms with Crippen LogP contribution in [0.3, 0.4) is 0 Å². The molecule has 0 amide bonds. The van der Waals surface area contributed by atoms with Crippen molar-refractivity contribution in [1.29, 1.82) is 0 Å². The number of para-hydroxylation sites is 1. The van der Waals surface area contributed by atoms with Gasteiger partial charge >= 0.3 is 0 Å². The molecule has 4 nitrogen and oxygen atoms in total. The molecule has 2 aromatic rings. The van der Waals surface area contributed by atoms with Gasteiger partial charge in [-0.15, -0.1) is 0 Å². The molecule has 0 spiro atoms. The van der Waals surface area contributed by atoms with E-state index in [1.807, 2.05) is 30.3 Å². The molecule has 5 heteroatoms. The van der Waals surface area contributed by atoms with Gasteiger partial charge in [0.25, 0.3) is 0 Å². The van der Waals surface area contributed by atoms with Gasteiger partial charge in [0.05, 0.1) is 28.0 Å². The van der Waals surface area contributed by atoms with Crippen molar-refractivity contribution < 1.29 is 9.59 Å². The van der Waals surface area contributed by atoms with Crippen LogP contribution < -0.4 is 0 Å². The summed E-state index contributed by atoms with van der Waals surface area (Å²) < 4.78 is 1.72. The number of ketones is 2. The highest BCUT2D eigenvalue weighted by atomic mass is 79.9. The Labute approximate surface area is 124 Å². The van der Waals surface area contributed by atoms with Crippen LogP contribution in [0, 0.1) is 5.41 Å². The molecule has 20 heavy (non-hydrogen) atoms. The average molecular weight is 333 g/mol. The van der Waals surface area contributed by atoms with Crippen LogP contribution in [0.25, 0.3) is 5.69 Å². The van der Waals surface area contributed by atoms with E-state index in [1.54, 1.807) is 18.5 Å². The number of hydrogen-bond donors (Lipinski definition) is 0. The number of aromatic nitrogens is 2. The van der Waals surface area contributed by atoms with Gasteiger partial charge in [0, 0.05) is 5.41 Å². The van der Waals surface area contributed by atoms with Gasteiger partial charge in [0.15, 0.2) is 0 Å². The molecule has 0 aliphatic heterocycles. The number of halogens is 1. The van der Waals surface area contributed by atoms with Gasteiger partial charge in [-0.3, -0.25) is 9.59 Å². The SMILES string of the molecule is CC1(C)C(=O)C(=O)c2cnn(-c3ccccc3)c2C1Br. The third kappa shape index (κ3) is 1.69. The lowest BCUT2D eigenvalue weighted by molar-refractivity contribution is -0.123. The van der Waals surface area contributed by atoms with Crippen LogP contribution in [-0.2, 0) is 4.79 Å². The third-order valence-corrected chi connectivity index (χ3v) is 5.30. The zero-order chi connectivity index (χ0) is 14.5. The summed E-state index contributed by atoms with van der Waals surface area (Å²) in [5, 5.41) is 4.28. The normalized spacial score (nSPS) is 20.9. The molecule has 0 saturated heterocycles. The molecule has 1 aliphatic rings. The molecule has 102 valence electrons. The second-order valence-corrected chi connectivity index (χ2v) is 6.35. The predicted octanol–water partition coefficient (Wildman–Crippen LogP) is 3.10. The number of Topliss-reactive ketones (excluding diaryl/α,β-unsaturated/α-hetero) is 2. The molecule has 1 aromatic heterocycles. The molecule has 1 aromatic carbocycles. The smallest absolute Gasteiger partial charge is 0.232 e. The third-order valence-electron chi connectivity index (χ3n) is 3.72. The van der Waals surface area contributed by atoms with Crippen molar-refractivity contribution in [3.05, 3.63) is 47.8 Å². The summed E-state index contributed by atoms with van der Waals surface area (Å²) in [4.78, 5) is 24.1. The van der Waals surface area contributed by atoms with Gasteiger partial charge in [-0.25, -0.2) is 4.68 Å². The largest absolute Gasteiger partial charge is 0.290 e. The van der Waals surface area contributed by atoms with Crippen molar-refractivity contribution in [3.8, 4) is 5.69 Å². The van der Waals surface area contributed by atoms with Gasteiger partial charge in [0.2, 0.25) is 11.6 Å². The molecule has 1 atom stereocenters. The molecule has 0 N–H and O–H groups in total. The van der Waals surface area contributed by atoms with Crippen LogP contribution in [0.5, 0.6) is 0 Å². The summed E-state index contributed by atoms with van der Waals surface area (Å²) in [6.45, 7) is 3.55. The summed E-state index contributed by atoms with van der Waals surface area (Å²) in [6, 6.07) is 9.58. The number of carbonyl (C=O) groups excluding carboxylic acids is 2. The zero-order valence-corrected chi connectivity index (χ0v) is 12.7. The molecule has 0 bridgehead atoms. The Bertz CT molecular complexity index is 704. The Morgan fingerprint density at radius 1 is 1.20 bits per heavy atom. The first kappa shape index (κ1) is 13.2. The van der Waals surface area contributed by atoms with E-state index in [1.165, 1.54) is 6.20 Å². The highest BCUT2D eigenvalue weighted by molar-refractivity contribution is 9.09. The molecule has 0 fully saturated rings. The van der Waals surface area contributed by atoms with E-state index in [2.05, 4.69) is 21.0 Å².